The first-order valence-electron chi connectivity index (χ1n) is 5.72. The molecule has 0 fully saturated rings. The largest absolute Gasteiger partial charge is 0.388 e. The fourth-order valence-corrected chi connectivity index (χ4v) is 2.52. The lowest BCUT2D eigenvalue weighted by atomic mass is 9.97. The van der Waals surface area contributed by atoms with Crippen molar-refractivity contribution in [2.45, 2.75) is 32.8 Å². The van der Waals surface area contributed by atoms with Gasteiger partial charge in [-0.2, -0.15) is 0 Å². The van der Waals surface area contributed by atoms with Crippen LogP contribution in [0.3, 0.4) is 0 Å². The predicted octanol–water partition coefficient (Wildman–Crippen LogP) is 3.77. The van der Waals surface area contributed by atoms with Crippen LogP contribution >= 0.6 is 11.3 Å². The second-order valence-electron chi connectivity index (χ2n) is 4.34. The van der Waals surface area contributed by atoms with E-state index >= 15 is 0 Å². The van der Waals surface area contributed by atoms with Gasteiger partial charge in [0.25, 0.3) is 0 Å². The molecule has 0 spiro atoms. The number of aromatic nitrogens is 1. The van der Waals surface area contributed by atoms with Crippen molar-refractivity contribution < 1.29 is 5.11 Å². The standard InChI is InChI=1S/C13H17NOS/c1-3-9(2)6-12(15)10-7-13-11(14-8-10)4-5-16-13/h4-5,7-9,12,15H,3,6H2,1-2H3. The number of pyridine rings is 1. The van der Waals surface area contributed by atoms with Crippen molar-refractivity contribution in [1.29, 1.82) is 0 Å². The molecule has 0 aliphatic carbocycles. The first kappa shape index (κ1) is 11.6. The highest BCUT2D eigenvalue weighted by atomic mass is 32.1. The van der Waals surface area contributed by atoms with Crippen molar-refractivity contribution in [3.05, 3.63) is 29.3 Å². The third-order valence-corrected chi connectivity index (χ3v) is 3.88. The molecular weight excluding hydrogens is 218 g/mol. The van der Waals surface area contributed by atoms with E-state index in [0.29, 0.717) is 5.92 Å². The van der Waals surface area contributed by atoms with E-state index in [1.54, 1.807) is 17.5 Å². The van der Waals surface area contributed by atoms with E-state index in [2.05, 4.69) is 24.9 Å². The Bertz CT molecular complexity index is 466. The molecule has 0 saturated heterocycles. The summed E-state index contributed by atoms with van der Waals surface area (Å²) in [4.78, 5) is 4.35. The maximum atomic E-state index is 10.1. The Balaban J connectivity index is 2.18. The monoisotopic (exact) mass is 235 g/mol. The number of hydrogen-bond donors (Lipinski definition) is 1. The molecule has 0 bridgehead atoms. The molecule has 2 rings (SSSR count). The average molecular weight is 235 g/mol. The Hall–Kier alpha value is -0.930. The highest BCUT2D eigenvalue weighted by Gasteiger charge is 2.12. The van der Waals surface area contributed by atoms with Crippen LogP contribution in [0, 0.1) is 5.92 Å². The summed E-state index contributed by atoms with van der Waals surface area (Å²) in [6.45, 7) is 4.32. The van der Waals surface area contributed by atoms with E-state index in [1.807, 2.05) is 11.4 Å². The fourth-order valence-electron chi connectivity index (χ4n) is 1.73. The van der Waals surface area contributed by atoms with Crippen molar-refractivity contribution in [3.63, 3.8) is 0 Å². The number of thiophene rings is 1. The third-order valence-electron chi connectivity index (χ3n) is 3.03. The number of aliphatic hydroxyl groups is 1. The van der Waals surface area contributed by atoms with Crippen molar-refractivity contribution in [2.75, 3.05) is 0 Å². The molecule has 0 saturated carbocycles. The van der Waals surface area contributed by atoms with Gasteiger partial charge >= 0.3 is 0 Å². The number of nitrogens with zero attached hydrogens (tertiary/aromatic N) is 1. The highest BCUT2D eigenvalue weighted by molar-refractivity contribution is 7.17. The molecular formula is C13H17NOS. The molecule has 0 amide bonds. The Morgan fingerprint density at radius 3 is 3.06 bits per heavy atom. The molecule has 2 aromatic rings. The summed E-state index contributed by atoms with van der Waals surface area (Å²) in [5.41, 5.74) is 1.96. The van der Waals surface area contributed by atoms with E-state index in [4.69, 9.17) is 0 Å². The van der Waals surface area contributed by atoms with Crippen LogP contribution in [0.25, 0.3) is 10.2 Å². The summed E-state index contributed by atoms with van der Waals surface area (Å²) >= 11 is 1.67. The zero-order valence-electron chi connectivity index (χ0n) is 9.68. The van der Waals surface area contributed by atoms with E-state index in [0.717, 1.165) is 28.6 Å². The van der Waals surface area contributed by atoms with Crippen LogP contribution in [0.4, 0.5) is 0 Å². The minimum Gasteiger partial charge on any atom is -0.388 e. The number of hydrogen-bond acceptors (Lipinski definition) is 3. The lowest BCUT2D eigenvalue weighted by molar-refractivity contribution is 0.146. The second-order valence-corrected chi connectivity index (χ2v) is 5.29. The lowest BCUT2D eigenvalue weighted by Crippen LogP contribution is -2.04. The second kappa shape index (κ2) is 4.93. The Kier molecular flexibility index (Phi) is 3.56. The van der Waals surface area contributed by atoms with Gasteiger partial charge in [-0.05, 0) is 29.9 Å². The maximum Gasteiger partial charge on any atom is 0.0809 e. The van der Waals surface area contributed by atoms with Crippen LogP contribution in [-0.4, -0.2) is 10.1 Å². The zero-order chi connectivity index (χ0) is 11.5. The summed E-state index contributed by atoms with van der Waals surface area (Å²) in [7, 11) is 0. The van der Waals surface area contributed by atoms with Gasteiger partial charge in [0.1, 0.15) is 0 Å². The van der Waals surface area contributed by atoms with Gasteiger partial charge < -0.3 is 5.11 Å². The zero-order valence-corrected chi connectivity index (χ0v) is 10.5. The lowest BCUT2D eigenvalue weighted by Gasteiger charge is -2.14. The van der Waals surface area contributed by atoms with Crippen molar-refractivity contribution in [2.24, 2.45) is 5.92 Å². The van der Waals surface area contributed by atoms with Gasteiger partial charge in [-0.3, -0.25) is 4.98 Å². The minimum absolute atomic E-state index is 0.381. The molecule has 0 aliphatic heterocycles. The molecule has 1 N–H and O–H groups in total. The molecule has 2 nitrogen and oxygen atoms in total. The number of fused-ring (bicyclic) bond motifs is 1. The fraction of sp³-hybridized carbons (Fsp3) is 0.462. The molecule has 0 radical (unpaired) electrons. The minimum atomic E-state index is -0.381. The average Bonchev–Trinajstić information content (AvgIpc) is 2.75. The quantitative estimate of drug-likeness (QED) is 0.875. The first-order valence-corrected chi connectivity index (χ1v) is 6.60. The molecule has 2 atom stereocenters. The SMILES string of the molecule is CCC(C)CC(O)c1cnc2ccsc2c1. The summed E-state index contributed by atoms with van der Waals surface area (Å²) in [5.74, 6) is 0.550. The van der Waals surface area contributed by atoms with Crippen molar-refractivity contribution in [1.82, 2.24) is 4.98 Å². The Morgan fingerprint density at radius 2 is 2.31 bits per heavy atom. The van der Waals surface area contributed by atoms with Crippen LogP contribution < -0.4 is 0 Å². The molecule has 16 heavy (non-hydrogen) atoms. The van der Waals surface area contributed by atoms with Crippen LogP contribution in [0.2, 0.25) is 0 Å². The Morgan fingerprint density at radius 1 is 1.50 bits per heavy atom. The Labute approximate surface area is 100.0 Å². The van der Waals surface area contributed by atoms with Gasteiger partial charge in [0.15, 0.2) is 0 Å². The highest BCUT2D eigenvalue weighted by Crippen LogP contribution is 2.26. The number of rotatable bonds is 4. The van der Waals surface area contributed by atoms with E-state index in [-0.39, 0.29) is 6.10 Å². The van der Waals surface area contributed by atoms with Crippen LogP contribution in [-0.2, 0) is 0 Å². The molecule has 3 heteroatoms. The van der Waals surface area contributed by atoms with Gasteiger partial charge in [0, 0.05) is 11.8 Å². The molecule has 2 aromatic heterocycles. The smallest absolute Gasteiger partial charge is 0.0809 e. The molecule has 86 valence electrons. The van der Waals surface area contributed by atoms with Gasteiger partial charge in [0.05, 0.1) is 16.3 Å². The molecule has 0 aromatic carbocycles. The predicted molar refractivity (Wildman–Crippen MR) is 68.7 cm³/mol. The summed E-state index contributed by atoms with van der Waals surface area (Å²) < 4.78 is 1.15. The maximum absolute atomic E-state index is 10.1. The molecule has 2 heterocycles. The van der Waals surface area contributed by atoms with Gasteiger partial charge in [-0.25, -0.2) is 0 Å². The van der Waals surface area contributed by atoms with Crippen LogP contribution in [0.1, 0.15) is 38.4 Å². The third kappa shape index (κ3) is 2.42. The first-order chi connectivity index (χ1) is 7.70. The van der Waals surface area contributed by atoms with Gasteiger partial charge in [-0.1, -0.05) is 20.3 Å². The van der Waals surface area contributed by atoms with E-state index < -0.39 is 0 Å². The summed E-state index contributed by atoms with van der Waals surface area (Å²) in [5, 5.41) is 12.1. The number of aliphatic hydroxyl groups excluding tert-OH is 1. The van der Waals surface area contributed by atoms with E-state index in [1.165, 1.54) is 0 Å². The van der Waals surface area contributed by atoms with Gasteiger partial charge in [0.2, 0.25) is 0 Å². The molecule has 2 unspecified atom stereocenters. The van der Waals surface area contributed by atoms with Crippen molar-refractivity contribution in [3.8, 4) is 0 Å². The topological polar surface area (TPSA) is 33.1 Å². The van der Waals surface area contributed by atoms with E-state index in [9.17, 15) is 5.11 Å². The summed E-state index contributed by atoms with van der Waals surface area (Å²) in [6.07, 6.45) is 3.33. The molecule has 0 aliphatic rings. The van der Waals surface area contributed by atoms with Crippen LogP contribution in [0.15, 0.2) is 23.7 Å². The van der Waals surface area contributed by atoms with Crippen LogP contribution in [0.5, 0.6) is 0 Å². The van der Waals surface area contributed by atoms with Crippen molar-refractivity contribution >= 4 is 21.6 Å². The summed E-state index contributed by atoms with van der Waals surface area (Å²) in [6, 6.07) is 4.06. The normalized spacial score (nSPS) is 15.2. The van der Waals surface area contributed by atoms with Gasteiger partial charge in [-0.15, -0.1) is 11.3 Å².